The molecule has 1 aliphatic heterocycles. The van der Waals surface area contributed by atoms with Crippen LogP contribution in [0.3, 0.4) is 0 Å². The first-order valence-electron chi connectivity index (χ1n) is 5.66. The van der Waals surface area contributed by atoms with Gasteiger partial charge in [-0.05, 0) is 0 Å². The van der Waals surface area contributed by atoms with Crippen LogP contribution in [-0.2, 0) is 0 Å². The molecule has 0 amide bonds. The fourth-order valence-electron chi connectivity index (χ4n) is 2.19. The number of imidazole rings is 1. The quantitative estimate of drug-likeness (QED) is 0.465. The van der Waals surface area contributed by atoms with Crippen molar-refractivity contribution < 1.29 is 15.3 Å². The minimum atomic E-state index is -1.02. The fraction of sp³-hybridized carbons (Fsp3) is 0.500. The number of aromatic amines is 1. The van der Waals surface area contributed by atoms with Crippen LogP contribution in [0, 0.1) is 0 Å². The van der Waals surface area contributed by atoms with Gasteiger partial charge in [-0.25, -0.2) is 0 Å². The van der Waals surface area contributed by atoms with Crippen LogP contribution in [0.25, 0.3) is 11.2 Å². The minimum absolute atomic E-state index is 0.185. The molecule has 9 heteroatoms. The van der Waals surface area contributed by atoms with Crippen molar-refractivity contribution in [1.29, 1.82) is 0 Å². The summed E-state index contributed by atoms with van der Waals surface area (Å²) in [6.07, 6.45) is 0.705. The Morgan fingerprint density at radius 2 is 2.16 bits per heavy atom. The summed E-state index contributed by atoms with van der Waals surface area (Å²) in [5.41, 5.74) is 0.236. The van der Waals surface area contributed by atoms with E-state index in [1.807, 2.05) is 0 Å². The van der Waals surface area contributed by atoms with Crippen LogP contribution in [0.2, 0.25) is 4.82 Å². The Morgan fingerprint density at radius 1 is 1.37 bits per heavy atom. The van der Waals surface area contributed by atoms with Crippen molar-refractivity contribution in [2.75, 3.05) is 6.61 Å². The van der Waals surface area contributed by atoms with E-state index >= 15 is 0 Å². The summed E-state index contributed by atoms with van der Waals surface area (Å²) in [6, 6.07) is 0. The van der Waals surface area contributed by atoms with E-state index in [0.717, 1.165) is 0 Å². The number of H-pyrrole nitrogens is 1. The molecule has 102 valence electrons. The van der Waals surface area contributed by atoms with Gasteiger partial charge in [-0.15, -0.1) is 0 Å². The molecule has 0 unspecified atom stereocenters. The average molecular weight is 331 g/mol. The van der Waals surface area contributed by atoms with Crippen LogP contribution >= 0.6 is 0 Å². The Kier molecular flexibility index (Phi) is 3.15. The van der Waals surface area contributed by atoms with Gasteiger partial charge < -0.3 is 0 Å². The summed E-state index contributed by atoms with van der Waals surface area (Å²) in [4.78, 5) is 21.5. The monoisotopic (exact) mass is 332 g/mol. The van der Waals surface area contributed by atoms with Crippen molar-refractivity contribution in [1.82, 2.24) is 19.5 Å². The van der Waals surface area contributed by atoms with Crippen molar-refractivity contribution in [2.45, 2.75) is 22.0 Å². The summed E-state index contributed by atoms with van der Waals surface area (Å²) < 4.78 is 1.55. The van der Waals surface area contributed by atoms with Crippen molar-refractivity contribution in [3.63, 3.8) is 0 Å². The molecule has 3 heterocycles. The predicted molar refractivity (Wildman–Crippen MR) is 65.8 cm³/mol. The molecular formula is C10H12N4O4Se. The number of nitrogens with zero attached hydrogens (tertiary/aromatic N) is 3. The molecule has 0 bridgehead atoms. The number of hydrogen-bond acceptors (Lipinski definition) is 6. The third-order valence-corrected chi connectivity index (χ3v) is 6.44. The van der Waals surface area contributed by atoms with Crippen molar-refractivity contribution in [3.05, 3.63) is 23.0 Å². The Hall–Kier alpha value is -1.25. The maximum absolute atomic E-state index is 11.8. The summed E-state index contributed by atoms with van der Waals surface area (Å²) in [5.74, 6) is 0. The third-order valence-electron chi connectivity index (χ3n) is 3.16. The zero-order valence-corrected chi connectivity index (χ0v) is 11.4. The number of fused-ring (bicyclic) bond motifs is 1. The zero-order valence-electron chi connectivity index (χ0n) is 9.67. The Labute approximate surface area is 113 Å². The topological polar surface area (TPSA) is 124 Å². The van der Waals surface area contributed by atoms with Gasteiger partial charge in [0.15, 0.2) is 0 Å². The van der Waals surface area contributed by atoms with Crippen LogP contribution in [0.4, 0.5) is 0 Å². The third kappa shape index (κ3) is 1.90. The van der Waals surface area contributed by atoms with Crippen LogP contribution in [0.5, 0.6) is 0 Å². The first kappa shape index (κ1) is 12.8. The number of aliphatic hydroxyl groups excluding tert-OH is 3. The van der Waals surface area contributed by atoms with E-state index in [0.29, 0.717) is 5.65 Å². The number of hydrogen-bond donors (Lipinski definition) is 4. The molecule has 3 rings (SSSR count). The second-order valence-electron chi connectivity index (χ2n) is 4.28. The van der Waals surface area contributed by atoms with E-state index in [1.165, 1.54) is 12.7 Å². The van der Waals surface area contributed by atoms with Gasteiger partial charge in [-0.2, -0.15) is 0 Å². The van der Waals surface area contributed by atoms with E-state index in [4.69, 9.17) is 0 Å². The van der Waals surface area contributed by atoms with Gasteiger partial charge >= 0.3 is 113 Å². The van der Waals surface area contributed by atoms with Gasteiger partial charge in [0.25, 0.3) is 0 Å². The van der Waals surface area contributed by atoms with Gasteiger partial charge in [0.2, 0.25) is 0 Å². The van der Waals surface area contributed by atoms with E-state index in [9.17, 15) is 20.1 Å². The Bertz CT molecular complexity index is 656. The second-order valence-corrected chi connectivity index (χ2v) is 7.14. The van der Waals surface area contributed by atoms with Gasteiger partial charge in [-0.3, -0.25) is 0 Å². The van der Waals surface area contributed by atoms with Crippen LogP contribution in [-0.4, -0.2) is 68.6 Å². The maximum atomic E-state index is 11.8. The fourth-order valence-corrected chi connectivity index (χ4v) is 5.08. The van der Waals surface area contributed by atoms with Crippen molar-refractivity contribution >= 4 is 26.1 Å². The van der Waals surface area contributed by atoms with Gasteiger partial charge in [0, 0.05) is 0 Å². The number of rotatable bonds is 2. The molecule has 4 atom stereocenters. The molecule has 0 saturated carbocycles. The molecule has 19 heavy (non-hydrogen) atoms. The summed E-state index contributed by atoms with van der Waals surface area (Å²) in [6.45, 7) is -0.185. The summed E-state index contributed by atoms with van der Waals surface area (Å²) >= 11 is -0.247. The standard InChI is InChI=1S/C10H12N4O4Se/c15-1-4-6(16)7(17)10(19-4)14-3-13-8-5(14)9(18)12-2-11-8/h2-4,6-7,10,15-17H,1H2,(H,11,12,18)/t4-,6-,7-,10-/m1/s1. The van der Waals surface area contributed by atoms with Gasteiger partial charge in [-0.1, -0.05) is 0 Å². The Balaban J connectivity index is 2.08. The molecule has 2 aromatic rings. The van der Waals surface area contributed by atoms with Crippen molar-refractivity contribution in [3.8, 4) is 0 Å². The van der Waals surface area contributed by atoms with E-state index < -0.39 is 17.1 Å². The average Bonchev–Trinajstić information content (AvgIpc) is 2.94. The number of nitrogens with one attached hydrogen (secondary N) is 1. The normalized spacial score (nSPS) is 31.1. The second kappa shape index (κ2) is 4.69. The molecule has 0 aliphatic carbocycles. The SMILES string of the molecule is O=c1[nH]cnc2ncn([C@@H]3[Se][C@H](CO)[C@@H](O)[C@H]3O)c12. The van der Waals surface area contributed by atoms with Crippen LogP contribution in [0.15, 0.2) is 17.4 Å². The molecule has 4 N–H and O–H groups in total. The molecule has 0 spiro atoms. The molecule has 8 nitrogen and oxygen atoms in total. The molecule has 2 aromatic heterocycles. The molecule has 1 fully saturated rings. The summed E-state index contributed by atoms with van der Waals surface area (Å²) in [7, 11) is 0. The number of aliphatic hydroxyl groups is 3. The Morgan fingerprint density at radius 3 is 2.84 bits per heavy atom. The first-order chi connectivity index (χ1) is 9.13. The van der Waals surface area contributed by atoms with E-state index in [2.05, 4.69) is 15.0 Å². The van der Waals surface area contributed by atoms with Crippen LogP contribution in [0.1, 0.15) is 4.94 Å². The molecular weight excluding hydrogens is 319 g/mol. The van der Waals surface area contributed by atoms with E-state index in [-0.39, 0.29) is 37.5 Å². The predicted octanol–water partition coefficient (Wildman–Crippen LogP) is -2.16. The summed E-state index contributed by atoms with van der Waals surface area (Å²) in [5, 5.41) is 29.1. The zero-order chi connectivity index (χ0) is 13.6. The molecule has 0 radical (unpaired) electrons. The van der Waals surface area contributed by atoms with Gasteiger partial charge in [0.1, 0.15) is 0 Å². The van der Waals surface area contributed by atoms with Crippen LogP contribution < -0.4 is 5.56 Å². The first-order valence-corrected chi connectivity index (χ1v) is 7.64. The molecule has 1 aliphatic rings. The van der Waals surface area contributed by atoms with E-state index in [1.54, 1.807) is 4.57 Å². The number of aromatic nitrogens is 4. The molecule has 1 saturated heterocycles. The van der Waals surface area contributed by atoms with Crippen molar-refractivity contribution in [2.24, 2.45) is 0 Å². The molecule has 0 aromatic carbocycles. The van der Waals surface area contributed by atoms with Gasteiger partial charge in [0.05, 0.1) is 0 Å².